The summed E-state index contributed by atoms with van der Waals surface area (Å²) in [6.45, 7) is 2.25. The molecule has 4 aromatic rings. The Hall–Kier alpha value is -4.08. The lowest BCUT2D eigenvalue weighted by molar-refractivity contribution is -0.120. The van der Waals surface area contributed by atoms with Crippen LogP contribution in [0.3, 0.4) is 0 Å². The number of benzene rings is 1. The van der Waals surface area contributed by atoms with Crippen LogP contribution in [0.2, 0.25) is 0 Å². The van der Waals surface area contributed by atoms with E-state index in [1.54, 1.807) is 48.8 Å². The summed E-state index contributed by atoms with van der Waals surface area (Å²) in [5.41, 5.74) is 6.47. The first kappa shape index (κ1) is 19.2. The van der Waals surface area contributed by atoms with Gasteiger partial charge in [-0.2, -0.15) is 4.98 Å². The van der Waals surface area contributed by atoms with Gasteiger partial charge in [0, 0.05) is 37.3 Å². The molecule has 152 valence electrons. The van der Waals surface area contributed by atoms with E-state index in [2.05, 4.69) is 31.0 Å². The molecule has 3 aromatic heterocycles. The molecule has 0 unspecified atom stereocenters. The average molecular weight is 405 g/mol. The molecule has 0 saturated carbocycles. The van der Waals surface area contributed by atoms with Crippen LogP contribution in [-0.2, 0) is 17.8 Å². The molecule has 10 heteroatoms. The van der Waals surface area contributed by atoms with E-state index in [1.165, 1.54) is 4.57 Å². The molecule has 0 fully saturated rings. The maximum absolute atomic E-state index is 12.6. The number of hydrogen-bond acceptors (Lipinski definition) is 8. The number of hydrazine groups is 1. The van der Waals surface area contributed by atoms with Crippen LogP contribution in [0.1, 0.15) is 19.2 Å². The van der Waals surface area contributed by atoms with Gasteiger partial charge in [-0.1, -0.05) is 17.3 Å². The molecule has 0 saturated heterocycles. The zero-order chi connectivity index (χ0) is 20.9. The fourth-order valence-electron chi connectivity index (χ4n) is 2.94. The van der Waals surface area contributed by atoms with E-state index >= 15 is 0 Å². The molecular weight excluding hydrogens is 386 g/mol. The molecule has 3 heterocycles. The molecule has 0 radical (unpaired) electrons. The van der Waals surface area contributed by atoms with E-state index in [-0.39, 0.29) is 30.3 Å². The number of aryl methyl sites for hydroxylation is 1. The number of hydrogen-bond donors (Lipinski definition) is 2. The number of carbonyl (C=O) groups is 1. The van der Waals surface area contributed by atoms with Crippen molar-refractivity contribution in [2.24, 2.45) is 0 Å². The van der Waals surface area contributed by atoms with Gasteiger partial charge in [0.25, 0.3) is 5.56 Å². The molecule has 0 spiro atoms. The minimum absolute atomic E-state index is 0.120. The van der Waals surface area contributed by atoms with Crippen molar-refractivity contribution in [3.63, 3.8) is 0 Å². The van der Waals surface area contributed by atoms with Crippen molar-refractivity contribution in [2.75, 3.05) is 5.43 Å². The predicted molar refractivity (Wildman–Crippen MR) is 109 cm³/mol. The van der Waals surface area contributed by atoms with Gasteiger partial charge >= 0.3 is 0 Å². The molecule has 2 N–H and O–H groups in total. The number of pyridine rings is 1. The second-order valence-corrected chi connectivity index (χ2v) is 6.42. The normalized spacial score (nSPS) is 10.8. The van der Waals surface area contributed by atoms with E-state index in [4.69, 9.17) is 4.52 Å². The Morgan fingerprint density at radius 2 is 1.93 bits per heavy atom. The highest BCUT2D eigenvalue weighted by molar-refractivity contribution is 5.80. The molecule has 0 aliphatic heterocycles. The molecule has 0 aliphatic rings. The minimum atomic E-state index is -0.302. The van der Waals surface area contributed by atoms with Crippen LogP contribution in [0.25, 0.3) is 22.3 Å². The number of amides is 1. The third-order valence-electron chi connectivity index (χ3n) is 4.46. The highest BCUT2D eigenvalue weighted by Crippen LogP contribution is 2.15. The smallest absolute Gasteiger partial charge is 0.262 e. The average Bonchev–Trinajstić information content (AvgIpc) is 3.26. The molecule has 0 atom stereocenters. The number of anilines is 1. The lowest BCUT2D eigenvalue weighted by Crippen LogP contribution is -2.34. The first-order chi connectivity index (χ1) is 14.7. The largest absolute Gasteiger partial charge is 0.339 e. The SMILES string of the molecule is CCn1c(NNC(=O)CCc2nc(-c3ccncc3)no2)nc2ccccc2c1=O. The van der Waals surface area contributed by atoms with Crippen molar-refractivity contribution in [3.05, 3.63) is 65.0 Å². The van der Waals surface area contributed by atoms with Crippen LogP contribution in [-0.4, -0.2) is 30.6 Å². The number of para-hydroxylation sites is 1. The molecule has 1 amide bonds. The first-order valence-corrected chi connectivity index (χ1v) is 9.43. The Morgan fingerprint density at radius 3 is 2.73 bits per heavy atom. The van der Waals surface area contributed by atoms with Gasteiger partial charge in [-0.3, -0.25) is 30.0 Å². The summed E-state index contributed by atoms with van der Waals surface area (Å²) in [6.07, 6.45) is 3.68. The van der Waals surface area contributed by atoms with Gasteiger partial charge < -0.3 is 4.52 Å². The van der Waals surface area contributed by atoms with Crippen molar-refractivity contribution in [3.8, 4) is 11.4 Å². The third kappa shape index (κ3) is 4.02. The highest BCUT2D eigenvalue weighted by atomic mass is 16.5. The Bertz CT molecular complexity index is 1230. The fraction of sp³-hybridized carbons (Fsp3) is 0.200. The van der Waals surface area contributed by atoms with E-state index < -0.39 is 0 Å². The number of nitrogens with one attached hydrogen (secondary N) is 2. The maximum atomic E-state index is 12.6. The number of aromatic nitrogens is 5. The number of nitrogens with zero attached hydrogens (tertiary/aromatic N) is 5. The van der Waals surface area contributed by atoms with Crippen LogP contribution in [0.4, 0.5) is 5.95 Å². The highest BCUT2D eigenvalue weighted by Gasteiger charge is 2.13. The number of fused-ring (bicyclic) bond motifs is 1. The van der Waals surface area contributed by atoms with Gasteiger partial charge in [0.2, 0.25) is 23.6 Å². The lowest BCUT2D eigenvalue weighted by atomic mass is 10.2. The zero-order valence-corrected chi connectivity index (χ0v) is 16.2. The van der Waals surface area contributed by atoms with Gasteiger partial charge in [0.1, 0.15) is 0 Å². The topological polar surface area (TPSA) is 128 Å². The Kier molecular flexibility index (Phi) is 5.46. The van der Waals surface area contributed by atoms with E-state index in [0.717, 1.165) is 5.56 Å². The van der Waals surface area contributed by atoms with Crippen LogP contribution < -0.4 is 16.4 Å². The van der Waals surface area contributed by atoms with Crippen LogP contribution in [0.15, 0.2) is 58.1 Å². The van der Waals surface area contributed by atoms with Crippen LogP contribution in [0.5, 0.6) is 0 Å². The Labute approximate surface area is 170 Å². The second-order valence-electron chi connectivity index (χ2n) is 6.42. The van der Waals surface area contributed by atoms with Crippen molar-refractivity contribution < 1.29 is 9.32 Å². The lowest BCUT2D eigenvalue weighted by Gasteiger charge is -2.13. The summed E-state index contributed by atoms with van der Waals surface area (Å²) in [5, 5.41) is 4.44. The fourth-order valence-corrected chi connectivity index (χ4v) is 2.94. The Morgan fingerprint density at radius 1 is 1.13 bits per heavy atom. The molecule has 0 aliphatic carbocycles. The van der Waals surface area contributed by atoms with Gasteiger partial charge in [0.05, 0.1) is 10.9 Å². The first-order valence-electron chi connectivity index (χ1n) is 9.43. The molecule has 4 rings (SSSR count). The van der Waals surface area contributed by atoms with Gasteiger partial charge in [-0.15, -0.1) is 0 Å². The summed E-state index contributed by atoms with van der Waals surface area (Å²) in [5.74, 6) is 0.764. The van der Waals surface area contributed by atoms with Gasteiger partial charge in [-0.25, -0.2) is 4.98 Å². The summed E-state index contributed by atoms with van der Waals surface area (Å²) in [7, 11) is 0. The van der Waals surface area contributed by atoms with Crippen molar-refractivity contribution in [2.45, 2.75) is 26.3 Å². The van der Waals surface area contributed by atoms with Crippen molar-refractivity contribution in [1.82, 2.24) is 30.1 Å². The maximum Gasteiger partial charge on any atom is 0.262 e. The van der Waals surface area contributed by atoms with Gasteiger partial charge in [0.15, 0.2) is 0 Å². The van der Waals surface area contributed by atoms with E-state index in [1.807, 2.05) is 6.92 Å². The van der Waals surface area contributed by atoms with E-state index in [0.29, 0.717) is 29.2 Å². The molecule has 1 aromatic carbocycles. The molecular formula is C20H19N7O3. The molecule has 0 bridgehead atoms. The van der Waals surface area contributed by atoms with Gasteiger partial charge in [-0.05, 0) is 31.2 Å². The quantitative estimate of drug-likeness (QED) is 0.447. The van der Waals surface area contributed by atoms with Crippen LogP contribution >= 0.6 is 0 Å². The Balaban J connectivity index is 1.39. The summed E-state index contributed by atoms with van der Waals surface area (Å²) >= 11 is 0. The molecule has 30 heavy (non-hydrogen) atoms. The molecule has 10 nitrogen and oxygen atoms in total. The summed E-state index contributed by atoms with van der Waals surface area (Å²) in [4.78, 5) is 37.5. The van der Waals surface area contributed by atoms with Crippen molar-refractivity contribution >= 4 is 22.8 Å². The predicted octanol–water partition coefficient (Wildman–Crippen LogP) is 1.94. The summed E-state index contributed by atoms with van der Waals surface area (Å²) in [6, 6.07) is 10.6. The van der Waals surface area contributed by atoms with Crippen LogP contribution in [0, 0.1) is 0 Å². The monoisotopic (exact) mass is 405 g/mol. The van der Waals surface area contributed by atoms with E-state index in [9.17, 15) is 9.59 Å². The summed E-state index contributed by atoms with van der Waals surface area (Å²) < 4.78 is 6.65. The van der Waals surface area contributed by atoms with Crippen molar-refractivity contribution in [1.29, 1.82) is 0 Å². The second kappa shape index (κ2) is 8.52. The minimum Gasteiger partial charge on any atom is -0.339 e. The number of rotatable bonds is 7. The number of carbonyl (C=O) groups excluding carboxylic acids is 1. The standard InChI is InChI=1S/C20H19N7O3/c1-2-27-19(29)14-5-3-4-6-15(14)22-20(27)25-24-16(28)7-8-17-23-18(26-30-17)13-9-11-21-12-10-13/h3-6,9-12H,2,7-8H2,1H3,(H,22,25)(H,24,28). The third-order valence-corrected chi connectivity index (χ3v) is 4.46. The zero-order valence-electron chi connectivity index (χ0n) is 16.2.